The Balaban J connectivity index is 1.08. The van der Waals surface area contributed by atoms with Gasteiger partial charge in [0.05, 0.1) is 46.2 Å². The number of nitrogens with one attached hydrogen (secondary N) is 1. The second kappa shape index (κ2) is 15.2. The largest absolute Gasteiger partial charge is 0.496 e. The Morgan fingerprint density at radius 2 is 1.88 bits per heavy atom. The molecule has 2 heterocycles. The van der Waals surface area contributed by atoms with Gasteiger partial charge in [0.2, 0.25) is 0 Å². The molecule has 5 rings (SSSR count). The number of rotatable bonds is 14. The average molecular weight is 561 g/mol. The van der Waals surface area contributed by atoms with Gasteiger partial charge in [-0.3, -0.25) is 0 Å². The number of hydrogen-bond acceptors (Lipinski definition) is 7. The van der Waals surface area contributed by atoms with Crippen LogP contribution in [0.15, 0.2) is 66.7 Å². The molecule has 220 valence electrons. The molecule has 0 spiro atoms. The summed E-state index contributed by atoms with van der Waals surface area (Å²) in [4.78, 5) is 2.30. The van der Waals surface area contributed by atoms with E-state index < -0.39 is 0 Å². The maximum atomic E-state index is 9.48. The van der Waals surface area contributed by atoms with Crippen LogP contribution >= 0.6 is 0 Å². The number of β-amino-alcohol motifs (C(OH)–C–C–N with tert-alkyl or cyclic N) is 1. The van der Waals surface area contributed by atoms with E-state index in [1.807, 2.05) is 24.3 Å². The molecule has 3 aromatic carbocycles. The third-order valence-electron chi connectivity index (χ3n) is 8.09. The number of hydrogen-bond donors (Lipinski definition) is 2. The van der Waals surface area contributed by atoms with Crippen molar-refractivity contribution in [3.05, 3.63) is 89.0 Å². The molecule has 41 heavy (non-hydrogen) atoms. The number of anilines is 1. The molecule has 2 N–H and O–H groups in total. The quantitative estimate of drug-likeness (QED) is 0.266. The highest BCUT2D eigenvalue weighted by Crippen LogP contribution is 2.32. The number of fused-ring (bicyclic) bond motifs is 1. The summed E-state index contributed by atoms with van der Waals surface area (Å²) in [7, 11) is 1.68. The minimum Gasteiger partial charge on any atom is -0.496 e. The summed E-state index contributed by atoms with van der Waals surface area (Å²) < 4.78 is 23.7. The third kappa shape index (κ3) is 8.01. The van der Waals surface area contributed by atoms with Gasteiger partial charge in [0.25, 0.3) is 0 Å². The molecule has 0 aromatic heterocycles. The van der Waals surface area contributed by atoms with E-state index in [-0.39, 0.29) is 12.7 Å². The van der Waals surface area contributed by atoms with Gasteiger partial charge in [-0.05, 0) is 66.8 Å². The van der Waals surface area contributed by atoms with Crippen molar-refractivity contribution in [2.45, 2.75) is 50.9 Å². The molecule has 7 heteroatoms. The predicted octanol–water partition coefficient (Wildman–Crippen LogP) is 5.09. The Kier molecular flexibility index (Phi) is 10.9. The SMILES string of the molecule is COc1ccccc1COCCCOc1ccc([C@H]2CCNC[C@@H]2OCc2ccc3c(c2)N(CCO)CCC3)cc1. The maximum absolute atomic E-state index is 9.48. The van der Waals surface area contributed by atoms with E-state index in [4.69, 9.17) is 18.9 Å². The summed E-state index contributed by atoms with van der Waals surface area (Å²) in [5.74, 6) is 2.08. The highest BCUT2D eigenvalue weighted by Gasteiger charge is 2.27. The van der Waals surface area contributed by atoms with Crippen molar-refractivity contribution in [3.63, 3.8) is 0 Å². The van der Waals surface area contributed by atoms with Crippen molar-refractivity contribution in [3.8, 4) is 11.5 Å². The molecule has 1 saturated heterocycles. The van der Waals surface area contributed by atoms with Gasteiger partial charge in [-0.1, -0.05) is 42.5 Å². The monoisotopic (exact) mass is 560 g/mol. The first-order valence-electron chi connectivity index (χ1n) is 15.0. The number of aryl methyl sites for hydroxylation is 1. The first kappa shape index (κ1) is 29.4. The highest BCUT2D eigenvalue weighted by atomic mass is 16.5. The normalized spacial score (nSPS) is 18.6. The molecular formula is C34H44N2O5. The van der Waals surface area contributed by atoms with E-state index in [0.29, 0.717) is 38.9 Å². The average Bonchev–Trinajstić information content (AvgIpc) is 3.02. The minimum absolute atomic E-state index is 0.112. The Morgan fingerprint density at radius 3 is 2.73 bits per heavy atom. The molecular weight excluding hydrogens is 516 g/mol. The van der Waals surface area contributed by atoms with E-state index >= 15 is 0 Å². The fourth-order valence-corrected chi connectivity index (χ4v) is 5.90. The Bertz CT molecular complexity index is 1220. The highest BCUT2D eigenvalue weighted by molar-refractivity contribution is 5.57. The van der Waals surface area contributed by atoms with E-state index in [9.17, 15) is 5.11 Å². The number of para-hydroxylation sites is 1. The summed E-state index contributed by atoms with van der Waals surface area (Å²) in [6, 6.07) is 23.1. The van der Waals surface area contributed by atoms with E-state index in [1.54, 1.807) is 7.11 Å². The number of ether oxygens (including phenoxy) is 4. The second-order valence-electron chi connectivity index (χ2n) is 10.9. The molecule has 0 saturated carbocycles. The number of aliphatic hydroxyl groups excluding tert-OH is 1. The fraction of sp³-hybridized carbons (Fsp3) is 0.471. The van der Waals surface area contributed by atoms with Crippen molar-refractivity contribution >= 4 is 5.69 Å². The third-order valence-corrected chi connectivity index (χ3v) is 8.09. The van der Waals surface area contributed by atoms with Gasteiger partial charge in [0, 0.05) is 43.2 Å². The summed E-state index contributed by atoms with van der Waals surface area (Å²) in [5, 5.41) is 13.0. The predicted molar refractivity (Wildman–Crippen MR) is 162 cm³/mol. The van der Waals surface area contributed by atoms with Crippen molar-refractivity contribution in [2.24, 2.45) is 0 Å². The summed E-state index contributed by atoms with van der Waals surface area (Å²) in [6.45, 7) is 6.07. The number of piperidine rings is 1. The Labute approximate surface area is 244 Å². The molecule has 0 amide bonds. The van der Waals surface area contributed by atoms with Crippen molar-refractivity contribution in [1.29, 1.82) is 0 Å². The van der Waals surface area contributed by atoms with Crippen molar-refractivity contribution < 1.29 is 24.1 Å². The summed E-state index contributed by atoms with van der Waals surface area (Å²) >= 11 is 0. The molecule has 0 radical (unpaired) electrons. The van der Waals surface area contributed by atoms with Crippen LogP contribution in [0.2, 0.25) is 0 Å². The first-order chi connectivity index (χ1) is 20.2. The number of aliphatic hydroxyl groups is 1. The molecule has 0 bridgehead atoms. The fourth-order valence-electron chi connectivity index (χ4n) is 5.90. The van der Waals surface area contributed by atoms with Crippen LogP contribution in [0.4, 0.5) is 5.69 Å². The lowest BCUT2D eigenvalue weighted by molar-refractivity contribution is 0.0106. The van der Waals surface area contributed by atoms with Gasteiger partial charge in [0.1, 0.15) is 11.5 Å². The van der Waals surface area contributed by atoms with E-state index in [0.717, 1.165) is 62.4 Å². The number of methoxy groups -OCH3 is 1. The van der Waals surface area contributed by atoms with Crippen LogP contribution in [0.25, 0.3) is 0 Å². The van der Waals surface area contributed by atoms with Gasteiger partial charge in [-0.15, -0.1) is 0 Å². The topological polar surface area (TPSA) is 72.4 Å². The molecule has 7 nitrogen and oxygen atoms in total. The van der Waals surface area contributed by atoms with Crippen LogP contribution in [-0.4, -0.2) is 64.3 Å². The molecule has 1 fully saturated rings. The van der Waals surface area contributed by atoms with Gasteiger partial charge < -0.3 is 34.3 Å². The lowest BCUT2D eigenvalue weighted by Gasteiger charge is -2.33. The van der Waals surface area contributed by atoms with Crippen LogP contribution in [0.1, 0.15) is 47.4 Å². The number of benzene rings is 3. The van der Waals surface area contributed by atoms with Gasteiger partial charge in [0.15, 0.2) is 0 Å². The van der Waals surface area contributed by atoms with Crippen LogP contribution in [0, 0.1) is 0 Å². The number of nitrogens with zero attached hydrogens (tertiary/aromatic N) is 1. The molecule has 0 unspecified atom stereocenters. The standard InChI is InChI=1S/C34H44N2O5/c1-38-33-8-3-2-6-29(33)25-39-20-5-21-40-30-13-11-27(12-14-30)31-15-16-35-23-34(31)41-24-26-9-10-28-7-4-17-36(18-19-37)32(28)22-26/h2-3,6,8-14,22,31,34-35,37H,4-5,7,15-21,23-25H2,1H3/t31-,34+/m1/s1. The lowest BCUT2D eigenvalue weighted by atomic mass is 9.87. The van der Waals surface area contributed by atoms with Gasteiger partial charge in [-0.25, -0.2) is 0 Å². The molecule has 3 aromatic rings. The smallest absolute Gasteiger partial charge is 0.124 e. The zero-order chi connectivity index (χ0) is 28.3. The molecule has 2 aliphatic heterocycles. The maximum Gasteiger partial charge on any atom is 0.124 e. The van der Waals surface area contributed by atoms with Crippen LogP contribution in [0.5, 0.6) is 11.5 Å². The Morgan fingerprint density at radius 1 is 1.00 bits per heavy atom. The summed E-state index contributed by atoms with van der Waals surface area (Å²) in [5.41, 5.74) is 6.16. The van der Waals surface area contributed by atoms with Crippen molar-refractivity contribution in [2.75, 3.05) is 58.0 Å². The first-order valence-corrected chi connectivity index (χ1v) is 15.0. The van der Waals surface area contributed by atoms with Crippen LogP contribution < -0.4 is 19.7 Å². The molecule has 2 atom stereocenters. The Hall–Kier alpha value is -3.10. The van der Waals surface area contributed by atoms with Gasteiger partial charge >= 0.3 is 0 Å². The zero-order valence-electron chi connectivity index (χ0n) is 24.2. The molecule has 0 aliphatic carbocycles. The van der Waals surface area contributed by atoms with Crippen LogP contribution in [0.3, 0.4) is 0 Å². The second-order valence-corrected chi connectivity index (χ2v) is 10.9. The zero-order valence-corrected chi connectivity index (χ0v) is 24.2. The van der Waals surface area contributed by atoms with Crippen LogP contribution in [-0.2, 0) is 29.1 Å². The van der Waals surface area contributed by atoms with E-state index in [2.05, 4.69) is 52.7 Å². The van der Waals surface area contributed by atoms with Gasteiger partial charge in [-0.2, -0.15) is 0 Å². The lowest BCUT2D eigenvalue weighted by Crippen LogP contribution is -2.41. The summed E-state index contributed by atoms with van der Waals surface area (Å²) in [6.07, 6.45) is 4.22. The minimum atomic E-state index is 0.112. The van der Waals surface area contributed by atoms with E-state index in [1.165, 1.54) is 22.4 Å². The van der Waals surface area contributed by atoms with Crippen molar-refractivity contribution in [1.82, 2.24) is 5.32 Å². The molecule has 2 aliphatic rings.